The summed E-state index contributed by atoms with van der Waals surface area (Å²) in [5.41, 5.74) is 0.549. The predicted molar refractivity (Wildman–Crippen MR) is 54.2 cm³/mol. The highest BCUT2D eigenvalue weighted by Gasteiger charge is 2.24. The molecule has 3 nitrogen and oxygen atoms in total. The molecule has 1 atom stereocenters. The largest absolute Gasteiger partial charge is 0.459 e. The van der Waals surface area contributed by atoms with Gasteiger partial charge in [0.15, 0.2) is 0 Å². The molecule has 0 unspecified atom stereocenters. The first-order valence-electron chi connectivity index (χ1n) is 4.30. The molecule has 74 valence electrons. The van der Waals surface area contributed by atoms with Crippen molar-refractivity contribution >= 4 is 21.9 Å². The molecule has 0 bridgehead atoms. The van der Waals surface area contributed by atoms with Crippen molar-refractivity contribution in [1.29, 1.82) is 0 Å². The van der Waals surface area contributed by atoms with Gasteiger partial charge in [0, 0.05) is 4.47 Å². The Morgan fingerprint density at radius 2 is 2.29 bits per heavy atom. The number of esters is 1. The zero-order valence-corrected chi connectivity index (χ0v) is 8.99. The Bertz CT molecular complexity index is 347. The number of carbonyl (C=O) groups is 1. The maximum absolute atomic E-state index is 11.5. The Balaban J connectivity index is 1.98. The molecular weight excluding hydrogens is 248 g/mol. The van der Waals surface area contributed by atoms with E-state index in [1.54, 1.807) is 12.1 Å². The van der Waals surface area contributed by atoms with Gasteiger partial charge in [-0.2, -0.15) is 0 Å². The van der Waals surface area contributed by atoms with Crippen molar-refractivity contribution in [2.24, 2.45) is 0 Å². The Kier molecular flexibility index (Phi) is 2.84. The van der Waals surface area contributed by atoms with Gasteiger partial charge < -0.3 is 9.47 Å². The second-order valence-electron chi connectivity index (χ2n) is 3.03. The van der Waals surface area contributed by atoms with Crippen molar-refractivity contribution in [3.05, 3.63) is 34.3 Å². The normalized spacial score (nSPS) is 19.1. The number of benzene rings is 1. The van der Waals surface area contributed by atoms with Crippen LogP contribution < -0.4 is 0 Å². The fourth-order valence-corrected chi connectivity index (χ4v) is 1.48. The van der Waals surface area contributed by atoms with Gasteiger partial charge in [0.25, 0.3) is 0 Å². The number of halogens is 1. The molecule has 1 heterocycles. The lowest BCUT2D eigenvalue weighted by Gasteiger charge is -2.03. The summed E-state index contributed by atoms with van der Waals surface area (Å²) in [6, 6.07) is 7.18. The maximum atomic E-state index is 11.5. The molecule has 0 spiro atoms. The molecule has 1 saturated heterocycles. The third kappa shape index (κ3) is 2.33. The standard InChI is InChI=1S/C10H9BrO3/c11-9-4-2-1-3-8(9)10(12)14-6-7-5-13-7/h1-4,7H,5-6H2/t7-/m1/s1. The average Bonchev–Trinajstić information content (AvgIpc) is 2.98. The lowest BCUT2D eigenvalue weighted by Crippen LogP contribution is -2.10. The van der Waals surface area contributed by atoms with Crippen molar-refractivity contribution in [1.82, 2.24) is 0 Å². The van der Waals surface area contributed by atoms with E-state index >= 15 is 0 Å². The third-order valence-corrected chi connectivity index (χ3v) is 2.59. The zero-order chi connectivity index (χ0) is 9.97. The topological polar surface area (TPSA) is 38.8 Å². The molecule has 0 N–H and O–H groups in total. The zero-order valence-electron chi connectivity index (χ0n) is 7.40. The molecule has 0 aromatic heterocycles. The molecule has 1 aliphatic heterocycles. The van der Waals surface area contributed by atoms with Crippen molar-refractivity contribution in [3.8, 4) is 0 Å². The van der Waals surface area contributed by atoms with E-state index in [9.17, 15) is 4.79 Å². The van der Waals surface area contributed by atoms with E-state index in [1.165, 1.54) is 0 Å². The van der Waals surface area contributed by atoms with Gasteiger partial charge in [-0.3, -0.25) is 0 Å². The molecule has 0 aliphatic carbocycles. The minimum absolute atomic E-state index is 0.112. The summed E-state index contributed by atoms with van der Waals surface area (Å²) in [6.07, 6.45) is 0.112. The maximum Gasteiger partial charge on any atom is 0.339 e. The van der Waals surface area contributed by atoms with E-state index < -0.39 is 0 Å². The van der Waals surface area contributed by atoms with Crippen LogP contribution in [-0.4, -0.2) is 25.3 Å². The monoisotopic (exact) mass is 256 g/mol. The first-order valence-corrected chi connectivity index (χ1v) is 5.10. The molecule has 0 amide bonds. The van der Waals surface area contributed by atoms with Crippen LogP contribution >= 0.6 is 15.9 Å². The highest BCUT2D eigenvalue weighted by molar-refractivity contribution is 9.10. The molecule has 1 aliphatic rings. The summed E-state index contributed by atoms with van der Waals surface area (Å²) < 4.78 is 10.7. The number of hydrogen-bond donors (Lipinski definition) is 0. The van der Waals surface area contributed by atoms with E-state index in [2.05, 4.69) is 15.9 Å². The molecular formula is C10H9BrO3. The van der Waals surface area contributed by atoms with Crippen LogP contribution in [0.15, 0.2) is 28.7 Å². The summed E-state index contributed by atoms with van der Waals surface area (Å²) >= 11 is 3.29. The molecule has 2 rings (SSSR count). The molecule has 4 heteroatoms. The number of epoxide rings is 1. The first kappa shape index (κ1) is 9.68. The second kappa shape index (κ2) is 4.11. The lowest BCUT2D eigenvalue weighted by atomic mass is 10.2. The number of ether oxygens (including phenoxy) is 2. The minimum atomic E-state index is -0.312. The van der Waals surface area contributed by atoms with Gasteiger partial charge in [0.05, 0.1) is 12.2 Å². The SMILES string of the molecule is O=C(OC[C@H]1CO1)c1ccccc1Br. The summed E-state index contributed by atoms with van der Waals surface area (Å²) in [4.78, 5) is 11.5. The average molecular weight is 257 g/mol. The van der Waals surface area contributed by atoms with Gasteiger partial charge in [-0.25, -0.2) is 4.79 Å². The van der Waals surface area contributed by atoms with Gasteiger partial charge >= 0.3 is 5.97 Å². The van der Waals surface area contributed by atoms with Crippen molar-refractivity contribution in [3.63, 3.8) is 0 Å². The molecule has 0 radical (unpaired) electrons. The molecule has 1 fully saturated rings. The van der Waals surface area contributed by atoms with Crippen molar-refractivity contribution in [2.45, 2.75) is 6.10 Å². The number of rotatable bonds is 3. The third-order valence-electron chi connectivity index (χ3n) is 1.90. The summed E-state index contributed by atoms with van der Waals surface area (Å²) in [7, 11) is 0. The fraction of sp³-hybridized carbons (Fsp3) is 0.300. The van der Waals surface area contributed by atoms with Crippen LogP contribution in [0.5, 0.6) is 0 Å². The van der Waals surface area contributed by atoms with Crippen LogP contribution in [0, 0.1) is 0 Å². The first-order chi connectivity index (χ1) is 6.77. The minimum Gasteiger partial charge on any atom is -0.459 e. The fourth-order valence-electron chi connectivity index (χ4n) is 1.04. The van der Waals surface area contributed by atoms with Crippen LogP contribution in [0.2, 0.25) is 0 Å². The van der Waals surface area contributed by atoms with Crippen molar-refractivity contribution in [2.75, 3.05) is 13.2 Å². The quantitative estimate of drug-likeness (QED) is 0.614. The van der Waals surface area contributed by atoms with Gasteiger partial charge in [0.2, 0.25) is 0 Å². The Hall–Kier alpha value is -0.870. The molecule has 1 aromatic carbocycles. The van der Waals surface area contributed by atoms with Crippen LogP contribution in [0.1, 0.15) is 10.4 Å². The van der Waals surface area contributed by atoms with E-state index in [4.69, 9.17) is 9.47 Å². The molecule has 14 heavy (non-hydrogen) atoms. The van der Waals surface area contributed by atoms with E-state index in [1.807, 2.05) is 12.1 Å². The van der Waals surface area contributed by atoms with E-state index in [-0.39, 0.29) is 12.1 Å². The van der Waals surface area contributed by atoms with Crippen LogP contribution in [-0.2, 0) is 9.47 Å². The van der Waals surface area contributed by atoms with Gasteiger partial charge in [-0.05, 0) is 28.1 Å². The van der Waals surface area contributed by atoms with Crippen molar-refractivity contribution < 1.29 is 14.3 Å². The van der Waals surface area contributed by atoms with E-state index in [0.29, 0.717) is 18.8 Å². The predicted octanol–water partition coefficient (Wildman–Crippen LogP) is 2.00. The van der Waals surface area contributed by atoms with Gasteiger partial charge in [0.1, 0.15) is 12.7 Å². The molecule has 0 saturated carbocycles. The summed E-state index contributed by atoms with van der Waals surface area (Å²) in [5, 5.41) is 0. The van der Waals surface area contributed by atoms with Crippen LogP contribution in [0.4, 0.5) is 0 Å². The van der Waals surface area contributed by atoms with Crippen LogP contribution in [0.3, 0.4) is 0 Å². The summed E-state index contributed by atoms with van der Waals surface area (Å²) in [5.74, 6) is -0.312. The highest BCUT2D eigenvalue weighted by Crippen LogP contribution is 2.17. The smallest absolute Gasteiger partial charge is 0.339 e. The lowest BCUT2D eigenvalue weighted by molar-refractivity contribution is 0.0475. The van der Waals surface area contributed by atoms with Gasteiger partial charge in [-0.1, -0.05) is 12.1 Å². The Morgan fingerprint density at radius 3 is 2.93 bits per heavy atom. The van der Waals surface area contributed by atoms with E-state index in [0.717, 1.165) is 4.47 Å². The van der Waals surface area contributed by atoms with Gasteiger partial charge in [-0.15, -0.1) is 0 Å². The summed E-state index contributed by atoms with van der Waals surface area (Å²) in [6.45, 7) is 1.05. The van der Waals surface area contributed by atoms with Crippen LogP contribution in [0.25, 0.3) is 0 Å². The Morgan fingerprint density at radius 1 is 1.57 bits per heavy atom. The number of hydrogen-bond acceptors (Lipinski definition) is 3. The number of carbonyl (C=O) groups excluding carboxylic acids is 1. The highest BCUT2D eigenvalue weighted by atomic mass is 79.9. The second-order valence-corrected chi connectivity index (χ2v) is 3.89. The molecule has 1 aromatic rings. The Labute approximate surface area is 90.1 Å².